The molecule has 328 valence electrons. The van der Waals surface area contributed by atoms with Crippen LogP contribution in [0.2, 0.25) is 0 Å². The summed E-state index contributed by atoms with van der Waals surface area (Å²) in [5, 5.41) is 2.37. The van der Waals surface area contributed by atoms with Crippen molar-refractivity contribution in [3.8, 4) is 55.9 Å². The molecule has 0 saturated heterocycles. The number of benzene rings is 7. The molecule has 10 aromatic rings. The first-order chi connectivity index (χ1) is 33.9. The largest absolute Gasteiger partial charge is 0.310 e. The molecule has 1 aliphatic heterocycles. The van der Waals surface area contributed by atoms with Crippen LogP contribution in [-0.2, 0) is 7.05 Å². The van der Waals surface area contributed by atoms with E-state index in [1.54, 1.807) is 0 Å². The van der Waals surface area contributed by atoms with E-state index in [0.29, 0.717) is 0 Å². The Morgan fingerprint density at radius 1 is 0.522 bits per heavy atom. The molecule has 0 bridgehead atoms. The van der Waals surface area contributed by atoms with Crippen LogP contribution in [0.4, 0.5) is 0 Å². The number of fused-ring (bicyclic) bond motifs is 3. The third-order valence-electron chi connectivity index (χ3n) is 13.5. The van der Waals surface area contributed by atoms with Gasteiger partial charge >= 0.3 is 0 Å². The molecule has 11 rings (SSSR count). The van der Waals surface area contributed by atoms with Gasteiger partial charge in [-0.15, -0.1) is 0 Å². The van der Waals surface area contributed by atoms with Crippen LogP contribution in [0.3, 0.4) is 0 Å². The Hall–Kier alpha value is -8.84. The first-order valence-electron chi connectivity index (χ1n) is 23.6. The second-order valence-electron chi connectivity index (χ2n) is 17.7. The smallest absolute Gasteiger partial charge is 0.214 e. The highest BCUT2D eigenvalue weighted by Crippen LogP contribution is 2.39. The van der Waals surface area contributed by atoms with Crippen molar-refractivity contribution in [2.75, 3.05) is 0 Å². The highest BCUT2D eigenvalue weighted by Gasteiger charge is 2.22. The van der Waals surface area contributed by atoms with Crippen molar-refractivity contribution < 1.29 is 4.57 Å². The normalized spacial score (nSPS) is 13.9. The minimum atomic E-state index is -0.0242. The van der Waals surface area contributed by atoms with Gasteiger partial charge < -0.3 is 4.57 Å². The van der Waals surface area contributed by atoms with Crippen LogP contribution in [0.1, 0.15) is 30.5 Å². The fourth-order valence-corrected chi connectivity index (χ4v) is 9.93. The van der Waals surface area contributed by atoms with Crippen molar-refractivity contribution >= 4 is 44.4 Å². The monoisotopic (exact) mass is 884 g/mol. The zero-order chi connectivity index (χ0) is 46.8. The fourth-order valence-electron chi connectivity index (χ4n) is 9.93. The molecule has 1 atom stereocenters. The molecule has 1 unspecified atom stereocenters. The molecule has 0 N–H and O–H groups in total. The lowest BCUT2D eigenvalue weighted by Gasteiger charge is -2.13. The molecule has 3 heteroatoms. The van der Waals surface area contributed by atoms with E-state index in [9.17, 15) is 0 Å². The highest BCUT2D eigenvalue weighted by atomic mass is 15.0. The van der Waals surface area contributed by atoms with Gasteiger partial charge in [0.25, 0.3) is 0 Å². The molecule has 69 heavy (non-hydrogen) atoms. The van der Waals surface area contributed by atoms with Crippen molar-refractivity contribution in [2.24, 2.45) is 12.0 Å². The van der Waals surface area contributed by atoms with Crippen LogP contribution < -0.4 is 4.57 Å². The van der Waals surface area contributed by atoms with E-state index in [1.165, 1.54) is 21.9 Å². The maximum Gasteiger partial charge on any atom is 0.214 e. The summed E-state index contributed by atoms with van der Waals surface area (Å²) in [6, 6.07) is 80.3. The molecule has 0 amide bonds. The number of allylic oxidation sites excluding steroid dienone is 6. The van der Waals surface area contributed by atoms with Gasteiger partial charge in [-0.3, -0.25) is 4.99 Å². The predicted molar refractivity (Wildman–Crippen MR) is 290 cm³/mol. The van der Waals surface area contributed by atoms with Crippen molar-refractivity contribution in [1.82, 2.24) is 4.57 Å². The Labute approximate surface area is 405 Å². The molecule has 3 nitrogen and oxygen atoms in total. The standard InChI is InChI=1S/C66H50N3/c1-5-58(6-2)69-63-35-33-54(50-29-19-31-52(37-50)56-41-59(46-21-11-7-12-22-46)45(3)67-62(42-56)47-23-13-8-14-24-47)39-60(63)61-40-55(34-36-64(61)69)51-30-20-32-53(38-51)57-43-65(48-25-15-9-16-26-48)68(4)66(44-57)49-27-17-10-18-28-49/h5-9,11-17,19-45H,1H2,2-4H3/q+1. The first-order valence-corrected chi connectivity index (χ1v) is 23.6. The minimum absolute atomic E-state index is 0.0242. The van der Waals surface area contributed by atoms with Gasteiger partial charge in [-0.05, 0) is 154 Å². The van der Waals surface area contributed by atoms with Gasteiger partial charge in [-0.1, -0.05) is 152 Å². The van der Waals surface area contributed by atoms with Gasteiger partial charge in [0.2, 0.25) is 11.4 Å². The second-order valence-corrected chi connectivity index (χ2v) is 17.7. The minimum Gasteiger partial charge on any atom is -0.310 e. The predicted octanol–water partition coefficient (Wildman–Crippen LogP) is 16.0. The van der Waals surface area contributed by atoms with Crippen LogP contribution in [0.25, 0.3) is 94.5 Å². The van der Waals surface area contributed by atoms with Gasteiger partial charge in [-0.25, -0.2) is 0 Å². The third kappa shape index (κ3) is 8.24. The Kier molecular flexibility index (Phi) is 11.4. The maximum absolute atomic E-state index is 5.29. The number of rotatable bonds is 10. The summed E-state index contributed by atoms with van der Waals surface area (Å²) in [6.07, 6.45) is 8.67. The summed E-state index contributed by atoms with van der Waals surface area (Å²) < 4.78 is 4.61. The lowest BCUT2D eigenvalue weighted by molar-refractivity contribution is -0.649. The first kappa shape index (κ1) is 42.8. The van der Waals surface area contributed by atoms with Crippen molar-refractivity contribution in [1.29, 1.82) is 0 Å². The lowest BCUT2D eigenvalue weighted by Crippen LogP contribution is -2.34. The second kappa shape index (κ2) is 18.4. The molecule has 0 aliphatic carbocycles. The average molecular weight is 885 g/mol. The Bertz CT molecular complexity index is 3620. The van der Waals surface area contributed by atoms with E-state index in [-0.39, 0.29) is 6.04 Å². The number of aromatic nitrogens is 2. The van der Waals surface area contributed by atoms with Crippen LogP contribution in [0.5, 0.6) is 0 Å². The molecular formula is C66H50N3+. The molecule has 3 heterocycles. The zero-order valence-electron chi connectivity index (χ0n) is 39.1. The number of hydrogen-bond donors (Lipinski definition) is 0. The van der Waals surface area contributed by atoms with Crippen molar-refractivity contribution in [2.45, 2.75) is 19.9 Å². The molecule has 0 fully saturated rings. The molecule has 0 radical (unpaired) electrons. The van der Waals surface area contributed by atoms with Crippen LogP contribution in [-0.4, -0.2) is 16.3 Å². The van der Waals surface area contributed by atoms with E-state index in [1.807, 2.05) is 18.2 Å². The Balaban J connectivity index is 1.02. The van der Waals surface area contributed by atoms with Crippen LogP contribution >= 0.6 is 0 Å². The average Bonchev–Trinajstić information content (AvgIpc) is 3.61. The SMILES string of the molecule is C=CC(=CC)n1c2ccc(-c3cccc(C4=CC(c5ccccc5)=NC(C)C(c5ccccc5)=C4)c3)cc2c2cc(-c3cccc(-c4cc(-c5cc#ccc5)[n+](C)c(-c5ccccc5)c4)c3)ccc21. The summed E-state index contributed by atoms with van der Waals surface area (Å²) in [4.78, 5) is 5.29. The van der Waals surface area contributed by atoms with Gasteiger partial charge in [-0.2, -0.15) is 4.57 Å². The van der Waals surface area contributed by atoms with E-state index >= 15 is 0 Å². The lowest BCUT2D eigenvalue weighted by atomic mass is 9.93. The number of nitrogens with zero attached hydrogens (tertiary/aromatic N) is 3. The Morgan fingerprint density at radius 3 is 1.62 bits per heavy atom. The molecule has 0 saturated carbocycles. The summed E-state index contributed by atoms with van der Waals surface area (Å²) in [5.74, 6) is 0. The van der Waals surface area contributed by atoms with Gasteiger partial charge in [0, 0.05) is 40.2 Å². The summed E-state index contributed by atoms with van der Waals surface area (Å²) in [7, 11) is 2.14. The van der Waals surface area contributed by atoms with Gasteiger partial charge in [0.05, 0.1) is 28.4 Å². The van der Waals surface area contributed by atoms with Gasteiger partial charge in [0.1, 0.15) is 7.05 Å². The summed E-state index contributed by atoms with van der Waals surface area (Å²) in [6.45, 7) is 8.50. The number of hydrogen-bond acceptors (Lipinski definition) is 1. The molecular weight excluding hydrogens is 835 g/mol. The van der Waals surface area contributed by atoms with E-state index in [0.717, 1.165) is 95.0 Å². The summed E-state index contributed by atoms with van der Waals surface area (Å²) >= 11 is 0. The quantitative estimate of drug-likeness (QED) is 0.0964. The highest BCUT2D eigenvalue weighted by molar-refractivity contribution is 6.15. The van der Waals surface area contributed by atoms with Crippen LogP contribution in [0.15, 0.2) is 242 Å². The fraction of sp³-hybridized carbons (Fsp3) is 0.0606. The number of pyridine rings is 1. The Morgan fingerprint density at radius 2 is 1.04 bits per heavy atom. The van der Waals surface area contributed by atoms with E-state index in [2.05, 4.69) is 261 Å². The van der Waals surface area contributed by atoms with Gasteiger partial charge in [0.15, 0.2) is 0 Å². The molecule has 8 aromatic carbocycles. The molecule has 2 aromatic heterocycles. The molecule has 1 aliphatic rings. The number of aliphatic imine (C=N–C) groups is 1. The van der Waals surface area contributed by atoms with Crippen LogP contribution in [0, 0.1) is 12.1 Å². The van der Waals surface area contributed by atoms with Crippen molar-refractivity contribution in [3.63, 3.8) is 0 Å². The topological polar surface area (TPSA) is 21.2 Å². The van der Waals surface area contributed by atoms with E-state index in [4.69, 9.17) is 4.99 Å². The van der Waals surface area contributed by atoms with Crippen molar-refractivity contribution in [3.05, 3.63) is 266 Å². The van der Waals surface area contributed by atoms with E-state index < -0.39 is 0 Å². The summed E-state index contributed by atoms with van der Waals surface area (Å²) in [5.41, 5.74) is 21.5. The third-order valence-corrected chi connectivity index (χ3v) is 13.5. The maximum atomic E-state index is 5.29. The zero-order valence-corrected chi connectivity index (χ0v) is 39.1. The molecule has 0 spiro atoms.